The van der Waals surface area contributed by atoms with E-state index in [9.17, 15) is 14.7 Å². The maximum absolute atomic E-state index is 12.4. The monoisotopic (exact) mass is 448 g/mol. The van der Waals surface area contributed by atoms with Gasteiger partial charge in [-0.2, -0.15) is 0 Å². The molecule has 2 aliphatic rings. The number of hydrogen-bond acceptors (Lipinski definition) is 7. The van der Waals surface area contributed by atoms with E-state index >= 15 is 0 Å². The number of ether oxygens (including phenoxy) is 1. The van der Waals surface area contributed by atoms with Crippen LogP contribution in [0.2, 0.25) is 0 Å². The fourth-order valence-corrected chi connectivity index (χ4v) is 4.23. The van der Waals surface area contributed by atoms with E-state index in [2.05, 4.69) is 26.7 Å². The van der Waals surface area contributed by atoms with Crippen LogP contribution in [0.3, 0.4) is 0 Å². The van der Waals surface area contributed by atoms with Gasteiger partial charge < -0.3 is 15.2 Å². The van der Waals surface area contributed by atoms with E-state index < -0.39 is 5.60 Å². The lowest BCUT2D eigenvalue weighted by Gasteiger charge is -2.16. The van der Waals surface area contributed by atoms with E-state index in [-0.39, 0.29) is 24.1 Å². The van der Waals surface area contributed by atoms with Gasteiger partial charge in [0.2, 0.25) is 5.91 Å². The van der Waals surface area contributed by atoms with E-state index in [0.717, 1.165) is 22.4 Å². The first-order chi connectivity index (χ1) is 15.7. The highest BCUT2D eigenvalue weighted by Crippen LogP contribution is 2.40. The zero-order valence-corrected chi connectivity index (χ0v) is 18.5. The largest absolute Gasteiger partial charge is 0.442 e. The third-order valence-electron chi connectivity index (χ3n) is 5.97. The van der Waals surface area contributed by atoms with Crippen molar-refractivity contribution in [2.24, 2.45) is 0 Å². The van der Waals surface area contributed by atoms with Crippen LogP contribution in [0.1, 0.15) is 32.0 Å². The third kappa shape index (κ3) is 3.82. The smallest absolute Gasteiger partial charge is 0.415 e. The molecule has 3 aromatic rings. The Hall–Kier alpha value is -3.79. The molecule has 1 fully saturated rings. The second kappa shape index (κ2) is 7.66. The van der Waals surface area contributed by atoms with Crippen LogP contribution in [0.25, 0.3) is 16.9 Å². The number of amides is 2. The molecule has 2 aliphatic heterocycles. The minimum Gasteiger partial charge on any atom is -0.442 e. The van der Waals surface area contributed by atoms with Gasteiger partial charge in [0.1, 0.15) is 17.4 Å². The quantitative estimate of drug-likeness (QED) is 0.612. The Bertz CT molecular complexity index is 1230. The van der Waals surface area contributed by atoms with Crippen molar-refractivity contribution in [3.63, 3.8) is 0 Å². The molecule has 2 aromatic heterocycles. The zero-order chi connectivity index (χ0) is 23.3. The number of nitrogens with one attached hydrogen (secondary N) is 1. The van der Waals surface area contributed by atoms with Gasteiger partial charge in [0.05, 0.1) is 24.5 Å². The van der Waals surface area contributed by atoms with Crippen molar-refractivity contribution in [2.45, 2.75) is 44.9 Å². The van der Waals surface area contributed by atoms with Gasteiger partial charge in [0.15, 0.2) is 5.82 Å². The number of cyclic esters (lactones) is 1. The van der Waals surface area contributed by atoms with Gasteiger partial charge in [-0.25, -0.2) is 14.5 Å². The first kappa shape index (κ1) is 21.1. The van der Waals surface area contributed by atoms with Gasteiger partial charge in [0, 0.05) is 18.7 Å². The molecule has 5 rings (SSSR count). The highest BCUT2D eigenvalue weighted by molar-refractivity contribution is 5.94. The molecule has 2 N–H and O–H groups in total. The molecular formula is C23H24N6O4. The Morgan fingerprint density at radius 2 is 2.06 bits per heavy atom. The molecule has 1 saturated heterocycles. The summed E-state index contributed by atoms with van der Waals surface area (Å²) in [6.07, 6.45) is 3.30. The molecule has 4 heterocycles. The Labute approximate surface area is 190 Å². The summed E-state index contributed by atoms with van der Waals surface area (Å²) in [7, 11) is 0. The van der Waals surface area contributed by atoms with E-state index in [1.165, 1.54) is 11.6 Å². The van der Waals surface area contributed by atoms with E-state index in [4.69, 9.17) is 4.74 Å². The van der Waals surface area contributed by atoms with E-state index in [1.54, 1.807) is 31.1 Å². The summed E-state index contributed by atoms with van der Waals surface area (Å²) in [5.74, 6) is 0.438. The summed E-state index contributed by atoms with van der Waals surface area (Å²) in [5, 5.41) is 20.9. The topological polar surface area (TPSA) is 122 Å². The van der Waals surface area contributed by atoms with Crippen molar-refractivity contribution in [3.8, 4) is 16.9 Å². The summed E-state index contributed by atoms with van der Waals surface area (Å²) >= 11 is 0. The molecule has 1 aromatic carbocycles. The summed E-state index contributed by atoms with van der Waals surface area (Å²) in [4.78, 5) is 29.8. The zero-order valence-electron chi connectivity index (χ0n) is 18.5. The number of hydrogen-bond donors (Lipinski definition) is 2. The van der Waals surface area contributed by atoms with Gasteiger partial charge in [0.25, 0.3) is 0 Å². The van der Waals surface area contributed by atoms with Gasteiger partial charge in [-0.15, -0.1) is 5.10 Å². The summed E-state index contributed by atoms with van der Waals surface area (Å²) in [5.41, 5.74) is 3.18. The molecule has 10 nitrogen and oxygen atoms in total. The minimum absolute atomic E-state index is 0.132. The average Bonchev–Trinajstić information content (AvgIpc) is 3.47. The summed E-state index contributed by atoms with van der Waals surface area (Å²) in [6.45, 7) is 5.04. The number of pyridine rings is 1. The molecule has 10 heteroatoms. The molecule has 170 valence electrons. The number of rotatable bonds is 5. The number of nitrogens with zero attached hydrogens (tertiary/aromatic N) is 5. The molecule has 0 radical (unpaired) electrons. The molecule has 0 bridgehead atoms. The number of benzene rings is 1. The molecule has 33 heavy (non-hydrogen) atoms. The van der Waals surface area contributed by atoms with Crippen molar-refractivity contribution in [1.29, 1.82) is 0 Å². The Kier molecular flexibility index (Phi) is 4.89. The lowest BCUT2D eigenvalue weighted by Crippen LogP contribution is -2.40. The lowest BCUT2D eigenvalue weighted by molar-refractivity contribution is -0.119. The Morgan fingerprint density at radius 3 is 2.73 bits per heavy atom. The van der Waals surface area contributed by atoms with Crippen molar-refractivity contribution in [3.05, 3.63) is 54.0 Å². The van der Waals surface area contributed by atoms with Gasteiger partial charge in [-0.3, -0.25) is 9.69 Å². The predicted molar refractivity (Wildman–Crippen MR) is 119 cm³/mol. The van der Waals surface area contributed by atoms with Gasteiger partial charge in [-0.05, 0) is 55.7 Å². The molecule has 0 aliphatic carbocycles. The second-order valence-electron chi connectivity index (χ2n) is 8.86. The van der Waals surface area contributed by atoms with Crippen molar-refractivity contribution >= 4 is 17.7 Å². The third-order valence-corrected chi connectivity index (χ3v) is 5.97. The minimum atomic E-state index is -1.08. The maximum Gasteiger partial charge on any atom is 0.415 e. The SMILES string of the molecule is CC(=O)NC[C@@H]1OC(=O)N2c3ccc(-c4ccc(-n5cc(C(C)(C)O)nn5)nc4)cc3C[C@@H]12. The molecule has 2 atom stereocenters. The summed E-state index contributed by atoms with van der Waals surface area (Å²) < 4.78 is 6.98. The van der Waals surface area contributed by atoms with Crippen LogP contribution in [-0.4, -0.2) is 55.8 Å². The fourth-order valence-electron chi connectivity index (χ4n) is 4.23. The predicted octanol–water partition coefficient (Wildman–Crippen LogP) is 1.94. The molecular weight excluding hydrogens is 424 g/mol. The number of aromatic nitrogens is 4. The van der Waals surface area contributed by atoms with Crippen molar-refractivity contribution in [2.75, 3.05) is 11.4 Å². The maximum atomic E-state index is 12.4. The number of anilines is 1. The van der Waals surface area contributed by atoms with Crippen LogP contribution in [-0.2, 0) is 21.6 Å². The number of aliphatic hydroxyl groups is 1. The molecule has 0 saturated carbocycles. The Morgan fingerprint density at radius 1 is 1.27 bits per heavy atom. The normalized spacial score (nSPS) is 19.3. The highest BCUT2D eigenvalue weighted by atomic mass is 16.6. The van der Waals surface area contributed by atoms with Crippen LogP contribution < -0.4 is 10.2 Å². The molecule has 2 amide bonds. The second-order valence-corrected chi connectivity index (χ2v) is 8.86. The van der Waals surface area contributed by atoms with Crippen LogP contribution >= 0.6 is 0 Å². The van der Waals surface area contributed by atoms with E-state index in [1.807, 2.05) is 24.3 Å². The number of fused-ring (bicyclic) bond motifs is 3. The lowest BCUT2D eigenvalue weighted by atomic mass is 10.0. The van der Waals surface area contributed by atoms with E-state index in [0.29, 0.717) is 24.5 Å². The average molecular weight is 448 g/mol. The first-order valence-corrected chi connectivity index (χ1v) is 10.7. The Balaban J connectivity index is 1.36. The van der Waals surface area contributed by atoms with Crippen molar-refractivity contribution < 1.29 is 19.4 Å². The molecule has 0 unspecified atom stereocenters. The first-order valence-electron chi connectivity index (χ1n) is 10.7. The highest BCUT2D eigenvalue weighted by Gasteiger charge is 2.47. The summed E-state index contributed by atoms with van der Waals surface area (Å²) in [6, 6.07) is 9.59. The number of carbonyl (C=O) groups excluding carboxylic acids is 2. The standard InChI is InChI=1S/C23H24N6O4/c1-13(30)24-11-19-18-9-16-8-14(4-6-17(16)29(18)22(31)33-19)15-5-7-21(25-10-15)28-12-20(26-27-28)23(2,3)32/h4-8,10,12,18-19,32H,9,11H2,1-3H3,(H,24,30)/t18-,19-/m0/s1. The van der Waals surface area contributed by atoms with Gasteiger partial charge in [-0.1, -0.05) is 11.3 Å². The van der Waals surface area contributed by atoms with Gasteiger partial charge >= 0.3 is 6.09 Å². The van der Waals surface area contributed by atoms with Crippen LogP contribution in [0.15, 0.2) is 42.7 Å². The molecule has 0 spiro atoms. The van der Waals surface area contributed by atoms with Crippen LogP contribution in [0.4, 0.5) is 10.5 Å². The number of carbonyl (C=O) groups is 2. The van der Waals surface area contributed by atoms with Crippen LogP contribution in [0.5, 0.6) is 0 Å². The fraction of sp³-hybridized carbons (Fsp3) is 0.348. The van der Waals surface area contributed by atoms with Crippen molar-refractivity contribution in [1.82, 2.24) is 25.3 Å². The van der Waals surface area contributed by atoms with Crippen LogP contribution in [0, 0.1) is 0 Å².